The van der Waals surface area contributed by atoms with Gasteiger partial charge >= 0.3 is 0 Å². The summed E-state index contributed by atoms with van der Waals surface area (Å²) >= 11 is 6.04. The molecule has 3 aromatic rings. The molecule has 0 atom stereocenters. The number of aromatic hydroxyl groups is 1. The molecule has 0 heterocycles. The zero-order valence-corrected chi connectivity index (χ0v) is 16.7. The van der Waals surface area contributed by atoms with Gasteiger partial charge in [0, 0.05) is 11.3 Å². The summed E-state index contributed by atoms with van der Waals surface area (Å²) in [6, 6.07) is 17.8. The van der Waals surface area contributed by atoms with E-state index in [1.54, 1.807) is 54.6 Å². The number of ether oxygens (including phenoxy) is 1. The third-order valence-corrected chi connectivity index (χ3v) is 4.41. The second-order valence-electron chi connectivity index (χ2n) is 6.15. The summed E-state index contributed by atoms with van der Waals surface area (Å²) in [5.41, 5.74) is 4.14. The normalized spacial score (nSPS) is 10.6. The van der Waals surface area contributed by atoms with Crippen LogP contribution in [0.3, 0.4) is 0 Å². The number of rotatable bonds is 6. The van der Waals surface area contributed by atoms with Gasteiger partial charge in [0.25, 0.3) is 11.8 Å². The third-order valence-electron chi connectivity index (χ3n) is 4.08. The van der Waals surface area contributed by atoms with E-state index in [1.165, 1.54) is 25.5 Å². The van der Waals surface area contributed by atoms with Crippen LogP contribution in [0.4, 0.5) is 5.69 Å². The number of methoxy groups -OCH3 is 1. The highest BCUT2D eigenvalue weighted by atomic mass is 35.5. The summed E-state index contributed by atoms with van der Waals surface area (Å²) in [7, 11) is 1.44. The van der Waals surface area contributed by atoms with Crippen LogP contribution < -0.4 is 15.5 Å². The van der Waals surface area contributed by atoms with E-state index < -0.39 is 5.91 Å². The van der Waals surface area contributed by atoms with Crippen LogP contribution in [0.5, 0.6) is 11.5 Å². The average molecular weight is 424 g/mol. The zero-order chi connectivity index (χ0) is 21.5. The molecule has 0 saturated heterocycles. The van der Waals surface area contributed by atoms with Crippen molar-refractivity contribution in [2.24, 2.45) is 5.10 Å². The van der Waals surface area contributed by atoms with Crippen LogP contribution in [0.15, 0.2) is 71.8 Å². The second-order valence-corrected chi connectivity index (χ2v) is 6.55. The number of halogens is 1. The van der Waals surface area contributed by atoms with Crippen LogP contribution in [0.1, 0.15) is 26.3 Å². The van der Waals surface area contributed by atoms with Crippen molar-refractivity contribution >= 4 is 35.3 Å². The van der Waals surface area contributed by atoms with Crippen LogP contribution in [0, 0.1) is 0 Å². The molecule has 0 aliphatic heterocycles. The molecule has 0 bridgehead atoms. The van der Waals surface area contributed by atoms with Gasteiger partial charge in [-0.05, 0) is 54.1 Å². The summed E-state index contributed by atoms with van der Waals surface area (Å²) < 4.78 is 5.02. The highest BCUT2D eigenvalue weighted by molar-refractivity contribution is 6.34. The van der Waals surface area contributed by atoms with Gasteiger partial charge in [0.1, 0.15) is 0 Å². The van der Waals surface area contributed by atoms with Gasteiger partial charge < -0.3 is 15.2 Å². The Morgan fingerprint density at radius 1 is 1.03 bits per heavy atom. The van der Waals surface area contributed by atoms with E-state index >= 15 is 0 Å². The number of nitrogens with zero attached hydrogens (tertiary/aromatic N) is 1. The summed E-state index contributed by atoms with van der Waals surface area (Å²) in [5, 5.41) is 16.6. The molecular weight excluding hydrogens is 406 g/mol. The number of carbonyl (C=O) groups is 2. The largest absolute Gasteiger partial charge is 0.504 e. The molecule has 0 radical (unpaired) electrons. The molecule has 3 aromatic carbocycles. The maximum Gasteiger partial charge on any atom is 0.271 e. The van der Waals surface area contributed by atoms with Crippen LogP contribution in [0.2, 0.25) is 5.02 Å². The Morgan fingerprint density at radius 3 is 2.60 bits per heavy atom. The lowest BCUT2D eigenvalue weighted by Crippen LogP contribution is -2.18. The van der Waals surface area contributed by atoms with Crippen LogP contribution in [-0.2, 0) is 0 Å². The Labute approximate surface area is 178 Å². The van der Waals surface area contributed by atoms with Gasteiger partial charge in [-0.15, -0.1) is 0 Å². The summed E-state index contributed by atoms with van der Waals surface area (Å²) in [5.74, 6) is -0.523. The number of hydrazone groups is 1. The van der Waals surface area contributed by atoms with Gasteiger partial charge in [-0.1, -0.05) is 29.8 Å². The minimum atomic E-state index is -0.453. The van der Waals surface area contributed by atoms with Crippen molar-refractivity contribution in [3.05, 3.63) is 88.4 Å². The molecule has 8 heteroatoms. The van der Waals surface area contributed by atoms with E-state index in [4.69, 9.17) is 16.3 Å². The molecule has 0 aromatic heterocycles. The highest BCUT2D eigenvalue weighted by Gasteiger charge is 2.11. The predicted molar refractivity (Wildman–Crippen MR) is 116 cm³/mol. The molecule has 0 spiro atoms. The molecule has 0 fully saturated rings. The quantitative estimate of drug-likeness (QED) is 0.411. The van der Waals surface area contributed by atoms with E-state index in [0.717, 1.165) is 0 Å². The molecule has 0 aliphatic carbocycles. The first-order valence-corrected chi connectivity index (χ1v) is 9.22. The Bertz CT molecular complexity index is 1120. The molecule has 0 saturated carbocycles. The van der Waals surface area contributed by atoms with E-state index in [9.17, 15) is 14.7 Å². The van der Waals surface area contributed by atoms with E-state index in [1.807, 2.05) is 0 Å². The fraction of sp³-hybridized carbons (Fsp3) is 0.0455. The van der Waals surface area contributed by atoms with Gasteiger partial charge in [0.05, 0.1) is 23.9 Å². The van der Waals surface area contributed by atoms with Crippen molar-refractivity contribution in [2.45, 2.75) is 0 Å². The first-order chi connectivity index (χ1) is 14.5. The standard InChI is InChI=1S/C22H18ClN3O4/c1-30-20-11-14(9-10-19(20)27)13-24-26-21(28)15-5-4-6-16(12-15)25-22(29)17-7-2-3-8-18(17)23/h2-13,27H,1H3,(H,25,29)(H,26,28). The molecule has 30 heavy (non-hydrogen) atoms. The van der Waals surface area contributed by atoms with Crippen LogP contribution >= 0.6 is 11.6 Å². The smallest absolute Gasteiger partial charge is 0.271 e. The molecular formula is C22H18ClN3O4. The van der Waals surface area contributed by atoms with Gasteiger partial charge in [0.15, 0.2) is 11.5 Å². The van der Waals surface area contributed by atoms with Crippen molar-refractivity contribution in [1.29, 1.82) is 0 Å². The Balaban J connectivity index is 1.66. The van der Waals surface area contributed by atoms with Gasteiger partial charge in [-0.25, -0.2) is 5.43 Å². The molecule has 3 rings (SSSR count). The maximum atomic E-state index is 12.4. The molecule has 3 N–H and O–H groups in total. The Morgan fingerprint density at radius 2 is 1.83 bits per heavy atom. The number of carbonyl (C=O) groups excluding carboxylic acids is 2. The molecule has 2 amide bonds. The molecule has 0 unspecified atom stereocenters. The van der Waals surface area contributed by atoms with Crippen molar-refractivity contribution in [1.82, 2.24) is 5.43 Å². The first kappa shape index (κ1) is 20.9. The minimum absolute atomic E-state index is 0.00865. The molecule has 152 valence electrons. The van der Waals surface area contributed by atoms with Crippen molar-refractivity contribution in [2.75, 3.05) is 12.4 Å². The number of benzene rings is 3. The van der Waals surface area contributed by atoms with Crippen molar-refractivity contribution < 1.29 is 19.4 Å². The Hall–Kier alpha value is -3.84. The zero-order valence-electron chi connectivity index (χ0n) is 15.9. The fourth-order valence-electron chi connectivity index (χ4n) is 2.59. The average Bonchev–Trinajstić information content (AvgIpc) is 2.75. The fourth-order valence-corrected chi connectivity index (χ4v) is 2.81. The second kappa shape index (κ2) is 9.58. The van der Waals surface area contributed by atoms with E-state index in [-0.39, 0.29) is 11.7 Å². The Kier molecular flexibility index (Phi) is 6.67. The highest BCUT2D eigenvalue weighted by Crippen LogP contribution is 2.25. The van der Waals surface area contributed by atoms with Crippen molar-refractivity contribution in [3.8, 4) is 11.5 Å². The maximum absolute atomic E-state index is 12.4. The van der Waals surface area contributed by atoms with Crippen LogP contribution in [0.25, 0.3) is 0 Å². The first-order valence-electron chi connectivity index (χ1n) is 8.84. The number of nitrogens with one attached hydrogen (secondary N) is 2. The topological polar surface area (TPSA) is 100 Å². The SMILES string of the molecule is COc1cc(C=NNC(=O)c2cccc(NC(=O)c3ccccc3Cl)c2)ccc1O. The lowest BCUT2D eigenvalue weighted by molar-refractivity contribution is 0.0953. The molecule has 0 aliphatic rings. The van der Waals surface area contributed by atoms with Gasteiger partial charge in [0.2, 0.25) is 0 Å². The van der Waals surface area contributed by atoms with Gasteiger partial charge in [-0.2, -0.15) is 5.10 Å². The lowest BCUT2D eigenvalue weighted by atomic mass is 10.1. The summed E-state index contributed by atoms with van der Waals surface area (Å²) in [6.07, 6.45) is 1.42. The number of hydrogen-bond acceptors (Lipinski definition) is 5. The number of phenolic OH excluding ortho intramolecular Hbond substituents is 1. The van der Waals surface area contributed by atoms with Crippen LogP contribution in [-0.4, -0.2) is 30.2 Å². The monoisotopic (exact) mass is 423 g/mol. The van der Waals surface area contributed by atoms with E-state index in [0.29, 0.717) is 33.1 Å². The predicted octanol–water partition coefficient (Wildman–Crippen LogP) is 4.07. The lowest BCUT2D eigenvalue weighted by Gasteiger charge is -2.08. The van der Waals surface area contributed by atoms with E-state index in [2.05, 4.69) is 15.8 Å². The summed E-state index contributed by atoms with van der Waals surface area (Å²) in [6.45, 7) is 0. The number of amides is 2. The minimum Gasteiger partial charge on any atom is -0.504 e. The molecule has 7 nitrogen and oxygen atoms in total. The number of hydrogen-bond donors (Lipinski definition) is 3. The van der Waals surface area contributed by atoms with Crippen molar-refractivity contribution in [3.63, 3.8) is 0 Å². The number of phenols is 1. The van der Waals surface area contributed by atoms with Gasteiger partial charge in [-0.3, -0.25) is 9.59 Å². The summed E-state index contributed by atoms with van der Waals surface area (Å²) in [4.78, 5) is 24.7. The number of anilines is 1. The third kappa shape index (κ3) is 5.15.